The summed E-state index contributed by atoms with van der Waals surface area (Å²) in [5.41, 5.74) is 5.75. The van der Waals surface area contributed by atoms with Crippen LogP contribution in [0.2, 0.25) is 0 Å². The zero-order valence-corrected chi connectivity index (χ0v) is 34.3. The van der Waals surface area contributed by atoms with E-state index in [1.54, 1.807) is 0 Å². The first-order valence-electron chi connectivity index (χ1n) is 21.9. The highest BCUT2D eigenvalue weighted by atomic mass is 15.1. The quantitative estimate of drug-likeness (QED) is 0.160. The molecule has 0 radical (unpaired) electrons. The first kappa shape index (κ1) is 34.5. The van der Waals surface area contributed by atoms with Gasteiger partial charge in [-0.2, -0.15) is 0 Å². The van der Waals surface area contributed by atoms with Crippen molar-refractivity contribution in [2.45, 2.75) is 0 Å². The van der Waals surface area contributed by atoms with Gasteiger partial charge in [0, 0.05) is 17.1 Å². The lowest BCUT2D eigenvalue weighted by molar-refractivity contribution is 1.30. The van der Waals surface area contributed by atoms with Crippen LogP contribution in [0.1, 0.15) is 0 Å². The molecule has 0 saturated carbocycles. The molecule has 0 bridgehead atoms. The fourth-order valence-electron chi connectivity index (χ4n) is 11.0. The van der Waals surface area contributed by atoms with Gasteiger partial charge in [-0.25, -0.2) is 0 Å². The molecule has 0 N–H and O–H groups in total. The van der Waals surface area contributed by atoms with Crippen molar-refractivity contribution < 1.29 is 0 Å². The molecule has 14 aromatic carbocycles. The Morgan fingerprint density at radius 3 is 1.21 bits per heavy atom. The Hall–Kier alpha value is -8.26. The maximum atomic E-state index is 2.46. The third-order valence-corrected chi connectivity index (χ3v) is 13.9. The summed E-state index contributed by atoms with van der Waals surface area (Å²) in [6.45, 7) is 0. The summed E-state index contributed by atoms with van der Waals surface area (Å²) in [6, 6.07) is 84.0. The lowest BCUT2D eigenvalue weighted by atomic mass is 9.87. The van der Waals surface area contributed by atoms with E-state index in [2.05, 4.69) is 229 Å². The minimum absolute atomic E-state index is 1.11. The molecule has 0 unspecified atom stereocenters. The Bertz CT molecular complexity index is 4190. The highest BCUT2D eigenvalue weighted by molar-refractivity contribution is 6.37. The van der Waals surface area contributed by atoms with Crippen molar-refractivity contribution in [2.75, 3.05) is 4.90 Å². The molecular formula is C62H37N. The van der Waals surface area contributed by atoms with Gasteiger partial charge in [-0.1, -0.05) is 182 Å². The lowest BCUT2D eigenvalue weighted by Crippen LogP contribution is -2.10. The van der Waals surface area contributed by atoms with Gasteiger partial charge < -0.3 is 4.90 Å². The molecule has 0 aromatic heterocycles. The maximum Gasteiger partial charge on any atom is 0.0474 e. The van der Waals surface area contributed by atoms with Crippen LogP contribution < -0.4 is 4.90 Å². The fourth-order valence-corrected chi connectivity index (χ4v) is 11.0. The second-order valence-electron chi connectivity index (χ2n) is 17.2. The van der Waals surface area contributed by atoms with Crippen molar-refractivity contribution in [3.05, 3.63) is 224 Å². The van der Waals surface area contributed by atoms with Crippen LogP contribution in [0.4, 0.5) is 17.1 Å². The highest BCUT2D eigenvalue weighted by Crippen LogP contribution is 2.47. The van der Waals surface area contributed by atoms with Crippen LogP contribution in [-0.4, -0.2) is 0 Å². The molecule has 14 aromatic rings. The Balaban J connectivity index is 1.03. The van der Waals surface area contributed by atoms with Gasteiger partial charge in [-0.15, -0.1) is 0 Å². The minimum Gasteiger partial charge on any atom is -0.310 e. The second kappa shape index (κ2) is 13.1. The molecule has 0 saturated heterocycles. The topological polar surface area (TPSA) is 3.24 Å². The van der Waals surface area contributed by atoms with Crippen LogP contribution in [0.15, 0.2) is 224 Å². The van der Waals surface area contributed by atoms with Crippen molar-refractivity contribution in [3.63, 3.8) is 0 Å². The summed E-state index contributed by atoms with van der Waals surface area (Å²) in [5, 5.41) is 25.5. The third kappa shape index (κ3) is 5.11. The Labute approximate surface area is 363 Å². The van der Waals surface area contributed by atoms with E-state index in [4.69, 9.17) is 0 Å². The van der Waals surface area contributed by atoms with Crippen LogP contribution in [0.5, 0.6) is 0 Å². The standard InChI is InChI=1S/C62H37N/c1-3-13-51-39(8-1)18-23-45-34-44(28-32-53(45)51)38-26-29-48(30-27-38)63(49-31-33-54-46(35-49)24-19-40-9-2-4-14-52(40)54)50-36-47-25-22-43-11-6-16-56-55-15-5-10-41-20-21-42-12-7-17-57(61(42)59(41)55)58(37-50)62(47)60(43)56/h1-37H. The molecule has 14 rings (SSSR count). The molecule has 0 atom stereocenters. The number of hydrogen-bond donors (Lipinski definition) is 0. The normalized spacial score (nSPS) is 12.1. The van der Waals surface area contributed by atoms with Gasteiger partial charge in [0.2, 0.25) is 0 Å². The second-order valence-corrected chi connectivity index (χ2v) is 17.2. The molecule has 0 aliphatic carbocycles. The number of benzene rings is 13. The zero-order valence-electron chi connectivity index (χ0n) is 34.3. The van der Waals surface area contributed by atoms with E-state index in [0.717, 1.165) is 17.1 Å². The van der Waals surface area contributed by atoms with E-state index in [1.165, 1.54) is 119 Å². The molecule has 0 aliphatic heterocycles. The molecule has 0 fully saturated rings. The molecule has 1 heteroatoms. The van der Waals surface area contributed by atoms with E-state index in [9.17, 15) is 0 Å². The van der Waals surface area contributed by atoms with Crippen LogP contribution in [-0.2, 0) is 0 Å². The number of hydrogen-bond acceptors (Lipinski definition) is 1. The summed E-state index contributed by atoms with van der Waals surface area (Å²) in [4.78, 5) is 2.46. The van der Waals surface area contributed by atoms with Crippen molar-refractivity contribution in [3.8, 4) is 11.1 Å². The lowest BCUT2D eigenvalue weighted by Gasteiger charge is -2.27. The SMILES string of the molecule is c1ccc2c(c1)ccc1cc(-c3ccc(N(c4ccc5c(ccc6ccccc65)c4)c4cc5ccc6cccc7c8cccc9ccc%10cccc(c(c4)c5c67)c%10c98)cc3)ccc12. The zero-order chi connectivity index (χ0) is 41.2. The van der Waals surface area contributed by atoms with Crippen LogP contribution in [0.25, 0.3) is 119 Å². The molecule has 0 heterocycles. The summed E-state index contributed by atoms with van der Waals surface area (Å²) in [7, 11) is 0. The molecule has 0 spiro atoms. The molecular weight excluding hydrogens is 759 g/mol. The fraction of sp³-hybridized carbons (Fsp3) is 0. The van der Waals surface area contributed by atoms with Gasteiger partial charge >= 0.3 is 0 Å². The predicted molar refractivity (Wildman–Crippen MR) is 273 cm³/mol. The van der Waals surface area contributed by atoms with Crippen LogP contribution >= 0.6 is 0 Å². The highest BCUT2D eigenvalue weighted by Gasteiger charge is 2.20. The van der Waals surface area contributed by atoms with E-state index in [1.807, 2.05) is 0 Å². The number of anilines is 3. The summed E-state index contributed by atoms with van der Waals surface area (Å²) in [5.74, 6) is 0. The molecule has 63 heavy (non-hydrogen) atoms. The third-order valence-electron chi connectivity index (χ3n) is 13.9. The van der Waals surface area contributed by atoms with Gasteiger partial charge in [0.15, 0.2) is 0 Å². The van der Waals surface area contributed by atoms with Crippen molar-refractivity contribution >= 4 is 125 Å². The Kier molecular flexibility index (Phi) is 7.17. The van der Waals surface area contributed by atoms with Crippen molar-refractivity contribution in [2.24, 2.45) is 0 Å². The van der Waals surface area contributed by atoms with Crippen molar-refractivity contribution in [1.82, 2.24) is 0 Å². The summed E-state index contributed by atoms with van der Waals surface area (Å²) >= 11 is 0. The van der Waals surface area contributed by atoms with Crippen LogP contribution in [0.3, 0.4) is 0 Å². The molecule has 0 amide bonds. The van der Waals surface area contributed by atoms with Gasteiger partial charge in [-0.3, -0.25) is 0 Å². The minimum atomic E-state index is 1.11. The van der Waals surface area contributed by atoms with E-state index < -0.39 is 0 Å². The summed E-state index contributed by atoms with van der Waals surface area (Å²) < 4.78 is 0. The maximum absolute atomic E-state index is 2.46. The first-order valence-corrected chi connectivity index (χ1v) is 21.9. The smallest absolute Gasteiger partial charge is 0.0474 e. The monoisotopic (exact) mass is 795 g/mol. The van der Waals surface area contributed by atoms with E-state index >= 15 is 0 Å². The van der Waals surface area contributed by atoms with E-state index in [0.29, 0.717) is 0 Å². The van der Waals surface area contributed by atoms with Gasteiger partial charge in [0.05, 0.1) is 0 Å². The number of rotatable bonds is 4. The van der Waals surface area contributed by atoms with Gasteiger partial charge in [0.25, 0.3) is 0 Å². The number of nitrogens with zero attached hydrogens (tertiary/aromatic N) is 1. The van der Waals surface area contributed by atoms with Gasteiger partial charge in [0.1, 0.15) is 0 Å². The number of fused-ring (bicyclic) bond motifs is 8. The predicted octanol–water partition coefficient (Wildman–Crippen LogP) is 17.8. The van der Waals surface area contributed by atoms with E-state index in [-0.39, 0.29) is 0 Å². The average molecular weight is 796 g/mol. The first-order chi connectivity index (χ1) is 31.2. The largest absolute Gasteiger partial charge is 0.310 e. The molecule has 290 valence electrons. The average Bonchev–Trinajstić information content (AvgIpc) is 3.35. The van der Waals surface area contributed by atoms with Crippen molar-refractivity contribution in [1.29, 1.82) is 0 Å². The Morgan fingerprint density at radius 2 is 0.587 bits per heavy atom. The molecule has 0 aliphatic rings. The van der Waals surface area contributed by atoms with Gasteiger partial charge in [-0.05, 0) is 161 Å². The Morgan fingerprint density at radius 1 is 0.190 bits per heavy atom. The van der Waals surface area contributed by atoms with Crippen LogP contribution in [0, 0.1) is 0 Å². The summed E-state index contributed by atoms with van der Waals surface area (Å²) in [6.07, 6.45) is 0. The molecule has 1 nitrogen and oxygen atoms in total.